The summed E-state index contributed by atoms with van der Waals surface area (Å²) >= 11 is 0. The Morgan fingerprint density at radius 2 is 2.15 bits per heavy atom. The molecule has 0 spiro atoms. The molecule has 1 N–H and O–H groups in total. The first kappa shape index (κ1) is 11.0. The van der Waals surface area contributed by atoms with E-state index in [-0.39, 0.29) is 0 Å². The maximum Gasteiger partial charge on any atom is 0.00697 e. The lowest BCUT2D eigenvalue weighted by Gasteiger charge is -2.28. The summed E-state index contributed by atoms with van der Waals surface area (Å²) in [4.78, 5) is 0. The first-order valence-electron chi connectivity index (χ1n) is 5.95. The van der Waals surface area contributed by atoms with E-state index in [4.69, 9.17) is 0 Å². The minimum atomic E-state index is 0.817. The summed E-state index contributed by atoms with van der Waals surface area (Å²) in [7, 11) is 0. The fourth-order valence-electron chi connectivity index (χ4n) is 2.13. The van der Waals surface area contributed by atoms with Gasteiger partial charge in [-0.05, 0) is 31.2 Å². The lowest BCUT2D eigenvalue weighted by atomic mass is 9.87. The Labute approximate surface area is 83.3 Å². The van der Waals surface area contributed by atoms with Crippen molar-refractivity contribution in [2.45, 2.75) is 58.9 Å². The molecule has 1 fully saturated rings. The summed E-state index contributed by atoms with van der Waals surface area (Å²) in [5.41, 5.74) is 0. The maximum absolute atomic E-state index is 3.70. The van der Waals surface area contributed by atoms with Crippen molar-refractivity contribution in [1.82, 2.24) is 5.32 Å². The van der Waals surface area contributed by atoms with E-state index in [9.17, 15) is 0 Å². The molecule has 1 heteroatoms. The summed E-state index contributed by atoms with van der Waals surface area (Å²) in [6.07, 6.45) is 6.98. The minimum Gasteiger partial charge on any atom is -0.314 e. The molecular weight excluding hydrogens is 158 g/mol. The van der Waals surface area contributed by atoms with Crippen LogP contribution < -0.4 is 5.32 Å². The molecule has 1 aliphatic carbocycles. The van der Waals surface area contributed by atoms with Crippen LogP contribution in [0.1, 0.15) is 52.9 Å². The first-order chi connectivity index (χ1) is 6.22. The molecule has 0 aromatic carbocycles. The fraction of sp³-hybridized carbons (Fsp3) is 1.00. The molecule has 3 atom stereocenters. The maximum atomic E-state index is 3.70. The summed E-state index contributed by atoms with van der Waals surface area (Å²) in [5.74, 6) is 1.79. The average molecular weight is 183 g/mol. The van der Waals surface area contributed by atoms with Crippen LogP contribution in [0.3, 0.4) is 0 Å². The van der Waals surface area contributed by atoms with Crippen molar-refractivity contribution < 1.29 is 0 Å². The van der Waals surface area contributed by atoms with Gasteiger partial charge in [0.15, 0.2) is 0 Å². The molecule has 0 aliphatic heterocycles. The van der Waals surface area contributed by atoms with Crippen molar-refractivity contribution in [2.24, 2.45) is 11.8 Å². The molecule has 0 radical (unpaired) electrons. The molecule has 0 amide bonds. The predicted molar refractivity (Wildman–Crippen MR) is 58.9 cm³/mol. The smallest absolute Gasteiger partial charge is 0.00697 e. The van der Waals surface area contributed by atoms with Gasteiger partial charge in [-0.15, -0.1) is 0 Å². The van der Waals surface area contributed by atoms with Gasteiger partial charge in [0.2, 0.25) is 0 Å². The first-order valence-corrected chi connectivity index (χ1v) is 5.95. The van der Waals surface area contributed by atoms with Crippen LogP contribution in [0.15, 0.2) is 0 Å². The van der Waals surface area contributed by atoms with E-state index < -0.39 is 0 Å². The van der Waals surface area contributed by atoms with E-state index in [1.165, 1.54) is 38.6 Å². The Morgan fingerprint density at radius 3 is 2.77 bits per heavy atom. The standard InChI is InChI=1S/C12H25N/c1-4-10(2)9-13-12-7-5-6-11(3)8-12/h10-13H,4-9H2,1-3H3. The van der Waals surface area contributed by atoms with Crippen molar-refractivity contribution in [1.29, 1.82) is 0 Å². The topological polar surface area (TPSA) is 12.0 Å². The van der Waals surface area contributed by atoms with Gasteiger partial charge >= 0.3 is 0 Å². The molecule has 78 valence electrons. The van der Waals surface area contributed by atoms with Gasteiger partial charge in [-0.2, -0.15) is 0 Å². The zero-order valence-corrected chi connectivity index (χ0v) is 9.47. The molecule has 0 aromatic rings. The van der Waals surface area contributed by atoms with Gasteiger partial charge < -0.3 is 5.32 Å². The largest absolute Gasteiger partial charge is 0.314 e. The van der Waals surface area contributed by atoms with Crippen LogP contribution in [0.25, 0.3) is 0 Å². The van der Waals surface area contributed by atoms with Crippen LogP contribution >= 0.6 is 0 Å². The van der Waals surface area contributed by atoms with Crippen molar-refractivity contribution >= 4 is 0 Å². The molecule has 1 saturated carbocycles. The van der Waals surface area contributed by atoms with Crippen molar-refractivity contribution in [2.75, 3.05) is 6.54 Å². The second-order valence-electron chi connectivity index (χ2n) is 4.89. The Hall–Kier alpha value is -0.0400. The second-order valence-corrected chi connectivity index (χ2v) is 4.89. The SMILES string of the molecule is CCC(C)CNC1CCCC(C)C1. The zero-order valence-electron chi connectivity index (χ0n) is 9.47. The minimum absolute atomic E-state index is 0.817. The van der Waals surface area contributed by atoms with E-state index in [2.05, 4.69) is 26.1 Å². The van der Waals surface area contributed by atoms with E-state index in [0.717, 1.165) is 17.9 Å². The van der Waals surface area contributed by atoms with Gasteiger partial charge in [0.1, 0.15) is 0 Å². The van der Waals surface area contributed by atoms with Gasteiger partial charge in [0.05, 0.1) is 0 Å². The Bertz CT molecular complexity index is 133. The molecule has 1 nitrogen and oxygen atoms in total. The highest BCUT2D eigenvalue weighted by Crippen LogP contribution is 2.23. The summed E-state index contributed by atoms with van der Waals surface area (Å²) < 4.78 is 0. The normalized spacial score (nSPS) is 31.6. The van der Waals surface area contributed by atoms with Crippen LogP contribution in [0.2, 0.25) is 0 Å². The fourth-order valence-corrected chi connectivity index (χ4v) is 2.13. The van der Waals surface area contributed by atoms with Crippen LogP contribution in [0.4, 0.5) is 0 Å². The van der Waals surface area contributed by atoms with Gasteiger partial charge in [-0.1, -0.05) is 40.0 Å². The van der Waals surface area contributed by atoms with Gasteiger partial charge in [-0.3, -0.25) is 0 Å². The third-order valence-corrected chi connectivity index (χ3v) is 3.39. The van der Waals surface area contributed by atoms with Crippen molar-refractivity contribution in [3.05, 3.63) is 0 Å². The summed E-state index contributed by atoms with van der Waals surface area (Å²) in [6, 6.07) is 0.817. The molecule has 3 unspecified atom stereocenters. The summed E-state index contributed by atoms with van der Waals surface area (Å²) in [5, 5.41) is 3.70. The van der Waals surface area contributed by atoms with Gasteiger partial charge in [-0.25, -0.2) is 0 Å². The number of nitrogens with one attached hydrogen (secondary N) is 1. The van der Waals surface area contributed by atoms with Crippen LogP contribution in [0, 0.1) is 11.8 Å². The van der Waals surface area contributed by atoms with Gasteiger partial charge in [0, 0.05) is 6.04 Å². The van der Waals surface area contributed by atoms with Crippen LogP contribution in [0.5, 0.6) is 0 Å². The molecule has 0 bridgehead atoms. The molecular formula is C12H25N. The van der Waals surface area contributed by atoms with Crippen LogP contribution in [-0.2, 0) is 0 Å². The lowest BCUT2D eigenvalue weighted by molar-refractivity contribution is 0.290. The molecule has 0 aromatic heterocycles. The third-order valence-electron chi connectivity index (χ3n) is 3.39. The quantitative estimate of drug-likeness (QED) is 0.706. The monoisotopic (exact) mass is 183 g/mol. The van der Waals surface area contributed by atoms with E-state index in [1.807, 2.05) is 0 Å². The van der Waals surface area contributed by atoms with Crippen molar-refractivity contribution in [3.8, 4) is 0 Å². The lowest BCUT2D eigenvalue weighted by Crippen LogP contribution is -2.36. The Balaban J connectivity index is 2.13. The number of rotatable bonds is 4. The zero-order chi connectivity index (χ0) is 9.68. The Morgan fingerprint density at radius 1 is 1.38 bits per heavy atom. The molecule has 0 saturated heterocycles. The van der Waals surface area contributed by atoms with E-state index in [1.54, 1.807) is 0 Å². The molecule has 1 rings (SSSR count). The van der Waals surface area contributed by atoms with Crippen molar-refractivity contribution in [3.63, 3.8) is 0 Å². The highest BCUT2D eigenvalue weighted by atomic mass is 14.9. The van der Waals surface area contributed by atoms with E-state index >= 15 is 0 Å². The number of hydrogen-bond acceptors (Lipinski definition) is 1. The Kier molecular flexibility index (Phi) is 4.79. The van der Waals surface area contributed by atoms with Gasteiger partial charge in [0.25, 0.3) is 0 Å². The average Bonchev–Trinajstić information content (AvgIpc) is 2.14. The number of hydrogen-bond donors (Lipinski definition) is 1. The highest BCUT2D eigenvalue weighted by Gasteiger charge is 2.18. The summed E-state index contributed by atoms with van der Waals surface area (Å²) in [6.45, 7) is 8.21. The predicted octanol–water partition coefficient (Wildman–Crippen LogP) is 3.20. The highest BCUT2D eigenvalue weighted by molar-refractivity contribution is 4.76. The van der Waals surface area contributed by atoms with E-state index in [0.29, 0.717) is 0 Å². The van der Waals surface area contributed by atoms with Crippen LogP contribution in [-0.4, -0.2) is 12.6 Å². The second kappa shape index (κ2) is 5.64. The third kappa shape index (κ3) is 4.12. The molecule has 0 heterocycles. The molecule has 1 aliphatic rings. The molecule has 13 heavy (non-hydrogen) atoms.